The Morgan fingerprint density at radius 3 is 2.14 bits per heavy atom. The van der Waals surface area contributed by atoms with E-state index in [1.165, 1.54) is 12.8 Å². The zero-order chi connectivity index (χ0) is 15.9. The van der Waals surface area contributed by atoms with E-state index in [1.807, 2.05) is 4.90 Å². The Hall–Kier alpha value is -1.06. The van der Waals surface area contributed by atoms with E-state index < -0.39 is 5.97 Å². The summed E-state index contributed by atoms with van der Waals surface area (Å²) in [6.07, 6.45) is 7.06. The Morgan fingerprint density at radius 1 is 1.09 bits per heavy atom. The minimum absolute atomic E-state index is 0.0257. The summed E-state index contributed by atoms with van der Waals surface area (Å²) >= 11 is 0. The average Bonchev–Trinajstić information content (AvgIpc) is 3.21. The summed E-state index contributed by atoms with van der Waals surface area (Å²) in [4.78, 5) is 25.8. The zero-order valence-corrected chi connectivity index (χ0v) is 13.9. The van der Waals surface area contributed by atoms with Crippen LogP contribution in [0.15, 0.2) is 0 Å². The van der Waals surface area contributed by atoms with Crippen molar-refractivity contribution in [1.82, 2.24) is 4.90 Å². The van der Waals surface area contributed by atoms with Crippen LogP contribution in [0.4, 0.5) is 0 Å². The van der Waals surface area contributed by atoms with Crippen molar-refractivity contribution in [1.29, 1.82) is 0 Å². The van der Waals surface area contributed by atoms with Crippen LogP contribution in [0.1, 0.15) is 58.8 Å². The Bertz CT molecular complexity index is 443. The third kappa shape index (κ3) is 2.89. The summed E-state index contributed by atoms with van der Waals surface area (Å²) < 4.78 is 0. The van der Waals surface area contributed by atoms with Gasteiger partial charge >= 0.3 is 5.97 Å². The molecular formula is C18H29NO3. The molecule has 1 spiro atoms. The number of carbonyl (C=O) groups is 2. The number of piperidine rings is 1. The minimum atomic E-state index is -0.646. The fourth-order valence-electron chi connectivity index (χ4n) is 4.71. The summed E-state index contributed by atoms with van der Waals surface area (Å²) in [5.74, 6) is 1.28. The summed E-state index contributed by atoms with van der Waals surface area (Å²) in [7, 11) is 0. The van der Waals surface area contributed by atoms with Crippen molar-refractivity contribution in [2.45, 2.75) is 58.8 Å². The predicted molar refractivity (Wildman–Crippen MR) is 84.3 cm³/mol. The zero-order valence-electron chi connectivity index (χ0n) is 13.9. The quantitative estimate of drug-likeness (QED) is 0.871. The van der Waals surface area contributed by atoms with Crippen LogP contribution in [0, 0.1) is 29.1 Å². The molecule has 1 saturated heterocycles. The number of hydrogen-bond acceptors (Lipinski definition) is 2. The number of hydrogen-bond donors (Lipinski definition) is 1. The number of nitrogens with zero attached hydrogens (tertiary/aromatic N) is 1. The summed E-state index contributed by atoms with van der Waals surface area (Å²) in [6, 6.07) is 0. The molecule has 2 saturated carbocycles. The molecule has 0 aromatic rings. The lowest BCUT2D eigenvalue weighted by Crippen LogP contribution is -2.43. The number of carboxylic acid groups (broad SMARTS) is 1. The van der Waals surface area contributed by atoms with Crippen molar-refractivity contribution < 1.29 is 14.7 Å². The fourth-order valence-corrected chi connectivity index (χ4v) is 4.71. The number of amides is 1. The van der Waals surface area contributed by atoms with Gasteiger partial charge in [0, 0.05) is 19.0 Å². The van der Waals surface area contributed by atoms with Crippen LogP contribution in [0.3, 0.4) is 0 Å². The van der Waals surface area contributed by atoms with Crippen molar-refractivity contribution in [3.63, 3.8) is 0 Å². The molecule has 2 aliphatic carbocycles. The smallest absolute Gasteiger partial charge is 0.307 e. The minimum Gasteiger partial charge on any atom is -0.481 e. The van der Waals surface area contributed by atoms with E-state index >= 15 is 0 Å². The van der Waals surface area contributed by atoms with E-state index in [0.717, 1.165) is 57.0 Å². The first kappa shape index (κ1) is 15.8. The van der Waals surface area contributed by atoms with Crippen LogP contribution >= 0.6 is 0 Å². The van der Waals surface area contributed by atoms with Gasteiger partial charge in [-0.3, -0.25) is 9.59 Å². The van der Waals surface area contributed by atoms with Gasteiger partial charge in [0.2, 0.25) is 5.91 Å². The molecule has 22 heavy (non-hydrogen) atoms. The van der Waals surface area contributed by atoms with Gasteiger partial charge in [-0.2, -0.15) is 0 Å². The summed E-state index contributed by atoms with van der Waals surface area (Å²) in [6.45, 7) is 6.11. The molecule has 3 aliphatic rings. The van der Waals surface area contributed by atoms with E-state index in [9.17, 15) is 9.59 Å². The first-order chi connectivity index (χ1) is 10.4. The molecule has 1 aliphatic heterocycles. The molecule has 0 aromatic carbocycles. The molecule has 1 N–H and O–H groups in total. The van der Waals surface area contributed by atoms with E-state index in [0.29, 0.717) is 5.91 Å². The van der Waals surface area contributed by atoms with Gasteiger partial charge in [-0.25, -0.2) is 0 Å². The normalized spacial score (nSPS) is 34.0. The number of aliphatic carboxylic acids is 1. The second kappa shape index (κ2) is 5.86. The van der Waals surface area contributed by atoms with Gasteiger partial charge in [0.05, 0.1) is 5.92 Å². The Kier molecular flexibility index (Phi) is 4.21. The van der Waals surface area contributed by atoms with Gasteiger partial charge in [0.15, 0.2) is 0 Å². The van der Waals surface area contributed by atoms with Gasteiger partial charge in [-0.1, -0.05) is 13.8 Å². The first-order valence-electron chi connectivity index (χ1n) is 8.94. The maximum Gasteiger partial charge on any atom is 0.307 e. The molecule has 1 atom stereocenters. The van der Waals surface area contributed by atoms with Crippen LogP contribution in [-0.2, 0) is 9.59 Å². The van der Waals surface area contributed by atoms with Crippen LogP contribution in [0.5, 0.6) is 0 Å². The number of likely N-dealkylation sites (tertiary alicyclic amines) is 1. The predicted octanol–water partition coefficient (Wildman–Crippen LogP) is 3.16. The topological polar surface area (TPSA) is 57.6 Å². The highest BCUT2D eigenvalue weighted by Gasteiger charge is 2.59. The number of carbonyl (C=O) groups excluding carboxylic acids is 1. The maximum absolute atomic E-state index is 12.7. The second-order valence-corrected chi connectivity index (χ2v) is 8.14. The lowest BCUT2D eigenvalue weighted by atomic mass is 9.76. The molecule has 3 rings (SSSR count). The second-order valence-electron chi connectivity index (χ2n) is 8.14. The maximum atomic E-state index is 12.7. The van der Waals surface area contributed by atoms with Gasteiger partial charge in [0.25, 0.3) is 0 Å². The lowest BCUT2D eigenvalue weighted by molar-refractivity contribution is -0.140. The van der Waals surface area contributed by atoms with Gasteiger partial charge in [-0.15, -0.1) is 0 Å². The third-order valence-electron chi connectivity index (χ3n) is 6.62. The van der Waals surface area contributed by atoms with Gasteiger partial charge in [-0.05, 0) is 62.2 Å². The molecule has 4 heteroatoms. The highest BCUT2D eigenvalue weighted by Crippen LogP contribution is 2.59. The van der Waals surface area contributed by atoms with E-state index in [1.54, 1.807) is 0 Å². The Labute approximate surface area is 133 Å². The van der Waals surface area contributed by atoms with E-state index in [4.69, 9.17) is 5.11 Å². The molecule has 0 radical (unpaired) electrons. The van der Waals surface area contributed by atoms with Crippen molar-refractivity contribution in [3.8, 4) is 0 Å². The first-order valence-corrected chi connectivity index (χ1v) is 8.94. The molecular weight excluding hydrogens is 278 g/mol. The highest BCUT2D eigenvalue weighted by molar-refractivity contribution is 5.79. The van der Waals surface area contributed by atoms with Gasteiger partial charge in [0.1, 0.15) is 0 Å². The molecule has 3 fully saturated rings. The summed E-state index contributed by atoms with van der Waals surface area (Å²) in [5.41, 5.74) is 0.0257. The van der Waals surface area contributed by atoms with Crippen LogP contribution in [-0.4, -0.2) is 35.0 Å². The largest absolute Gasteiger partial charge is 0.481 e. The van der Waals surface area contributed by atoms with Crippen molar-refractivity contribution in [2.75, 3.05) is 13.1 Å². The van der Waals surface area contributed by atoms with E-state index in [-0.39, 0.29) is 17.3 Å². The Balaban J connectivity index is 1.48. The monoisotopic (exact) mass is 307 g/mol. The molecule has 1 heterocycles. The summed E-state index contributed by atoms with van der Waals surface area (Å²) in [5, 5.41) is 9.14. The third-order valence-corrected chi connectivity index (χ3v) is 6.62. The fraction of sp³-hybridized carbons (Fsp3) is 0.889. The molecule has 4 nitrogen and oxygen atoms in total. The van der Waals surface area contributed by atoms with Crippen molar-refractivity contribution >= 4 is 11.9 Å². The molecule has 1 unspecified atom stereocenters. The molecule has 124 valence electrons. The highest BCUT2D eigenvalue weighted by atomic mass is 16.4. The number of carboxylic acids is 1. The lowest BCUT2D eigenvalue weighted by Gasteiger charge is -2.37. The number of rotatable bonds is 3. The van der Waals surface area contributed by atoms with Crippen LogP contribution < -0.4 is 0 Å². The average molecular weight is 307 g/mol. The van der Waals surface area contributed by atoms with Gasteiger partial charge < -0.3 is 10.0 Å². The van der Waals surface area contributed by atoms with Crippen molar-refractivity contribution in [2.24, 2.45) is 29.1 Å². The van der Waals surface area contributed by atoms with Crippen LogP contribution in [0.25, 0.3) is 0 Å². The Morgan fingerprint density at radius 2 is 1.68 bits per heavy atom. The molecule has 0 aromatic heterocycles. The standard InChI is InChI=1S/C18H29NO3/c1-12(2)13-3-5-14(6-4-13)16(20)19-9-7-18(8-10-19)11-15(18)17(21)22/h12-15H,3-11H2,1-2H3,(H,21,22). The van der Waals surface area contributed by atoms with E-state index in [2.05, 4.69) is 13.8 Å². The van der Waals surface area contributed by atoms with Crippen molar-refractivity contribution in [3.05, 3.63) is 0 Å². The molecule has 0 bridgehead atoms. The molecule has 1 amide bonds. The van der Waals surface area contributed by atoms with Crippen LogP contribution in [0.2, 0.25) is 0 Å². The SMILES string of the molecule is CC(C)C1CCC(C(=O)N2CCC3(CC2)CC3C(=O)O)CC1.